The summed E-state index contributed by atoms with van der Waals surface area (Å²) in [5.41, 5.74) is 17.2. The van der Waals surface area contributed by atoms with E-state index >= 15 is 0 Å². The number of hydrogen-bond donors (Lipinski definition) is 4. The zero-order valence-electron chi connectivity index (χ0n) is 8.34. The standard InChI is InChI=1S/C7H10N4.C2H4O2/c8-5-1-3-6(4-2-5)11-7(9)10;1-2(3)4/h1-4H,8H2,(H4,9,10,11);1H3,(H,3,4). The number of nitrogen functional groups attached to an aromatic ring is 1. The molecule has 0 saturated heterocycles. The van der Waals surface area contributed by atoms with E-state index in [0.717, 1.165) is 6.92 Å². The highest BCUT2D eigenvalue weighted by atomic mass is 16.4. The predicted molar refractivity (Wildman–Crippen MR) is 59.6 cm³/mol. The summed E-state index contributed by atoms with van der Waals surface area (Å²) >= 11 is 0. The largest absolute Gasteiger partial charge is 0.481 e. The van der Waals surface area contributed by atoms with Crippen LogP contribution in [0, 0.1) is 0 Å². The van der Waals surface area contributed by atoms with E-state index in [4.69, 9.17) is 27.1 Å². The van der Waals surface area contributed by atoms with Crippen LogP contribution in [-0.2, 0) is 4.79 Å². The third-order valence-corrected chi connectivity index (χ3v) is 1.15. The molecule has 15 heavy (non-hydrogen) atoms. The summed E-state index contributed by atoms with van der Waals surface area (Å²) in [7, 11) is 0. The lowest BCUT2D eigenvalue weighted by Gasteiger charge is -1.94. The van der Waals surface area contributed by atoms with Gasteiger partial charge >= 0.3 is 0 Å². The Bertz CT molecular complexity index is 338. The zero-order chi connectivity index (χ0) is 11.8. The lowest BCUT2D eigenvalue weighted by Crippen LogP contribution is -2.21. The fourth-order valence-corrected chi connectivity index (χ4v) is 0.698. The van der Waals surface area contributed by atoms with Gasteiger partial charge in [-0.25, -0.2) is 4.99 Å². The Labute approximate surface area is 87.4 Å². The lowest BCUT2D eigenvalue weighted by atomic mass is 10.3. The van der Waals surface area contributed by atoms with Gasteiger partial charge in [0.1, 0.15) is 0 Å². The molecule has 82 valence electrons. The van der Waals surface area contributed by atoms with Crippen LogP contribution in [0.25, 0.3) is 0 Å². The number of hydrogen-bond acceptors (Lipinski definition) is 3. The van der Waals surface area contributed by atoms with Gasteiger partial charge in [0.25, 0.3) is 5.97 Å². The first kappa shape index (κ1) is 12.8. The highest BCUT2D eigenvalue weighted by molar-refractivity contribution is 5.79. The van der Waals surface area contributed by atoms with Gasteiger partial charge < -0.3 is 22.3 Å². The van der Waals surface area contributed by atoms with Crippen molar-refractivity contribution in [3.05, 3.63) is 24.3 Å². The van der Waals surface area contributed by atoms with Crippen molar-refractivity contribution in [3.63, 3.8) is 0 Å². The molecule has 0 aromatic heterocycles. The molecule has 0 radical (unpaired) electrons. The van der Waals surface area contributed by atoms with Crippen molar-refractivity contribution < 1.29 is 9.90 Å². The number of nitrogens with zero attached hydrogens (tertiary/aromatic N) is 1. The molecule has 6 heteroatoms. The molecule has 0 aliphatic rings. The van der Waals surface area contributed by atoms with Gasteiger partial charge in [0.15, 0.2) is 5.96 Å². The Morgan fingerprint density at radius 1 is 1.27 bits per heavy atom. The molecule has 0 atom stereocenters. The van der Waals surface area contributed by atoms with E-state index < -0.39 is 5.97 Å². The first-order valence-electron chi connectivity index (χ1n) is 4.06. The van der Waals surface area contributed by atoms with Crippen LogP contribution >= 0.6 is 0 Å². The Morgan fingerprint density at radius 3 is 2.00 bits per heavy atom. The van der Waals surface area contributed by atoms with Crippen LogP contribution in [0.5, 0.6) is 0 Å². The summed E-state index contributed by atoms with van der Waals surface area (Å²) in [6, 6.07) is 6.97. The second kappa shape index (κ2) is 6.25. The highest BCUT2D eigenvalue weighted by Crippen LogP contribution is 2.12. The smallest absolute Gasteiger partial charge is 0.300 e. The number of nitrogens with two attached hydrogens (primary N) is 3. The molecule has 6 nitrogen and oxygen atoms in total. The van der Waals surface area contributed by atoms with Crippen molar-refractivity contribution in [2.45, 2.75) is 6.92 Å². The van der Waals surface area contributed by atoms with Crippen molar-refractivity contribution in [1.29, 1.82) is 0 Å². The topological polar surface area (TPSA) is 128 Å². The summed E-state index contributed by atoms with van der Waals surface area (Å²) in [4.78, 5) is 12.8. The summed E-state index contributed by atoms with van der Waals surface area (Å²) in [6.07, 6.45) is 0. The summed E-state index contributed by atoms with van der Waals surface area (Å²) in [6.45, 7) is 1.08. The van der Waals surface area contributed by atoms with Gasteiger partial charge in [-0.3, -0.25) is 4.79 Å². The number of aliphatic carboxylic acids is 1. The van der Waals surface area contributed by atoms with E-state index in [-0.39, 0.29) is 5.96 Å². The van der Waals surface area contributed by atoms with Crippen LogP contribution in [0.2, 0.25) is 0 Å². The minimum Gasteiger partial charge on any atom is -0.481 e. The van der Waals surface area contributed by atoms with Gasteiger partial charge in [-0.1, -0.05) is 0 Å². The highest BCUT2D eigenvalue weighted by Gasteiger charge is 1.88. The van der Waals surface area contributed by atoms with Gasteiger partial charge in [0.2, 0.25) is 0 Å². The van der Waals surface area contributed by atoms with E-state index in [2.05, 4.69) is 4.99 Å². The van der Waals surface area contributed by atoms with Gasteiger partial charge in [-0.15, -0.1) is 0 Å². The van der Waals surface area contributed by atoms with Crippen LogP contribution in [0.4, 0.5) is 11.4 Å². The molecule has 1 aromatic rings. The molecule has 0 bridgehead atoms. The van der Waals surface area contributed by atoms with E-state index in [0.29, 0.717) is 11.4 Å². The molecule has 0 aliphatic carbocycles. The Kier molecular flexibility index (Phi) is 5.32. The minimum absolute atomic E-state index is 0.0507. The fraction of sp³-hybridized carbons (Fsp3) is 0.111. The molecule has 7 N–H and O–H groups in total. The maximum atomic E-state index is 9.00. The van der Waals surface area contributed by atoms with Crippen molar-refractivity contribution in [3.8, 4) is 0 Å². The van der Waals surface area contributed by atoms with Gasteiger partial charge in [-0.2, -0.15) is 0 Å². The monoisotopic (exact) mass is 210 g/mol. The molecular weight excluding hydrogens is 196 g/mol. The quantitative estimate of drug-likeness (QED) is 0.300. The van der Waals surface area contributed by atoms with Gasteiger partial charge in [0.05, 0.1) is 5.69 Å². The molecule has 0 fully saturated rings. The Balaban J connectivity index is 0.000000423. The number of rotatable bonds is 1. The molecule has 1 rings (SSSR count). The second-order valence-electron chi connectivity index (χ2n) is 2.65. The van der Waals surface area contributed by atoms with Crippen molar-refractivity contribution in [1.82, 2.24) is 0 Å². The number of carboxylic acid groups (broad SMARTS) is 1. The molecule has 0 unspecified atom stereocenters. The van der Waals surface area contributed by atoms with Crippen LogP contribution in [0.3, 0.4) is 0 Å². The predicted octanol–water partition coefficient (Wildman–Crippen LogP) is 0.265. The van der Waals surface area contributed by atoms with E-state index in [9.17, 15) is 0 Å². The SMILES string of the molecule is CC(=O)O.NC(N)=Nc1ccc(N)cc1. The average Bonchev–Trinajstić information content (AvgIpc) is 2.07. The van der Waals surface area contributed by atoms with Crippen molar-refractivity contribution >= 4 is 23.3 Å². The lowest BCUT2D eigenvalue weighted by molar-refractivity contribution is -0.134. The zero-order valence-corrected chi connectivity index (χ0v) is 8.34. The van der Waals surface area contributed by atoms with Crippen LogP contribution in [-0.4, -0.2) is 17.0 Å². The first-order valence-corrected chi connectivity index (χ1v) is 4.06. The maximum absolute atomic E-state index is 9.00. The number of carboxylic acids is 1. The van der Waals surface area contributed by atoms with Gasteiger partial charge in [-0.05, 0) is 24.3 Å². The summed E-state index contributed by atoms with van der Waals surface area (Å²) < 4.78 is 0. The number of guanidine groups is 1. The third-order valence-electron chi connectivity index (χ3n) is 1.15. The Hall–Kier alpha value is -2.24. The van der Waals surface area contributed by atoms with Crippen LogP contribution < -0.4 is 17.2 Å². The molecule has 0 spiro atoms. The molecule has 0 aliphatic heterocycles. The number of anilines is 1. The summed E-state index contributed by atoms with van der Waals surface area (Å²) in [5, 5.41) is 7.42. The third kappa shape index (κ3) is 8.10. The summed E-state index contributed by atoms with van der Waals surface area (Å²) in [5.74, 6) is -0.783. The molecule has 0 heterocycles. The fourth-order valence-electron chi connectivity index (χ4n) is 0.698. The molecule has 1 aromatic carbocycles. The number of benzene rings is 1. The van der Waals surface area contributed by atoms with Gasteiger partial charge in [0, 0.05) is 12.6 Å². The van der Waals surface area contributed by atoms with Crippen LogP contribution in [0.15, 0.2) is 29.3 Å². The maximum Gasteiger partial charge on any atom is 0.300 e. The second-order valence-corrected chi connectivity index (χ2v) is 2.65. The molecular formula is C9H14N4O2. The molecule has 0 amide bonds. The first-order chi connectivity index (χ1) is 6.91. The van der Waals surface area contributed by atoms with Crippen molar-refractivity contribution in [2.75, 3.05) is 5.73 Å². The number of aliphatic imine (C=N–C) groups is 1. The van der Waals surface area contributed by atoms with Crippen LogP contribution in [0.1, 0.15) is 6.92 Å². The van der Waals surface area contributed by atoms with E-state index in [1.165, 1.54) is 0 Å². The number of carbonyl (C=O) groups is 1. The van der Waals surface area contributed by atoms with E-state index in [1.807, 2.05) is 0 Å². The normalized spacial score (nSPS) is 8.33. The Morgan fingerprint density at radius 2 is 1.67 bits per heavy atom. The van der Waals surface area contributed by atoms with E-state index in [1.54, 1.807) is 24.3 Å². The average molecular weight is 210 g/mol. The minimum atomic E-state index is -0.833. The van der Waals surface area contributed by atoms with Crippen molar-refractivity contribution in [2.24, 2.45) is 16.5 Å². The molecule has 0 saturated carbocycles.